The van der Waals surface area contributed by atoms with Crippen molar-refractivity contribution in [1.29, 1.82) is 0 Å². The zero-order valence-electron chi connectivity index (χ0n) is 9.64. The standard InChI is InChI=1S/C14H12FNO2/c15-12-5-2-10(3-6-12)1-4-11-9-16-8-7-13(11)14(17)18/h2-3,5-9H,1,4H2,(H,17,18). The SMILES string of the molecule is O=C(O)c1ccncc1CCc1ccc(F)cc1. The van der Waals surface area contributed by atoms with Crippen LogP contribution in [-0.2, 0) is 12.8 Å². The molecule has 0 fully saturated rings. The summed E-state index contributed by atoms with van der Waals surface area (Å²) in [6.45, 7) is 0. The number of aromatic nitrogens is 1. The summed E-state index contributed by atoms with van der Waals surface area (Å²) in [5.74, 6) is -1.22. The van der Waals surface area contributed by atoms with Crippen molar-refractivity contribution in [2.75, 3.05) is 0 Å². The number of aryl methyl sites for hydroxylation is 2. The highest BCUT2D eigenvalue weighted by molar-refractivity contribution is 5.89. The second-order valence-corrected chi connectivity index (χ2v) is 3.96. The van der Waals surface area contributed by atoms with Crippen LogP contribution < -0.4 is 0 Å². The highest BCUT2D eigenvalue weighted by Crippen LogP contribution is 2.12. The Kier molecular flexibility index (Phi) is 3.67. The van der Waals surface area contributed by atoms with Crippen LogP contribution in [-0.4, -0.2) is 16.1 Å². The molecule has 18 heavy (non-hydrogen) atoms. The molecule has 3 nitrogen and oxygen atoms in total. The molecule has 0 saturated heterocycles. The Hall–Kier alpha value is -2.23. The Morgan fingerprint density at radius 3 is 2.56 bits per heavy atom. The number of hydrogen-bond acceptors (Lipinski definition) is 2. The predicted molar refractivity (Wildman–Crippen MR) is 65.0 cm³/mol. The first-order chi connectivity index (χ1) is 8.66. The van der Waals surface area contributed by atoms with Crippen LogP contribution in [0.5, 0.6) is 0 Å². The van der Waals surface area contributed by atoms with Gasteiger partial charge in [0.2, 0.25) is 0 Å². The van der Waals surface area contributed by atoms with E-state index in [-0.39, 0.29) is 11.4 Å². The van der Waals surface area contributed by atoms with Crippen molar-refractivity contribution in [3.8, 4) is 0 Å². The van der Waals surface area contributed by atoms with Gasteiger partial charge in [-0.25, -0.2) is 9.18 Å². The molecule has 0 aliphatic rings. The topological polar surface area (TPSA) is 50.2 Å². The van der Waals surface area contributed by atoms with Crippen LogP contribution in [0.2, 0.25) is 0 Å². The van der Waals surface area contributed by atoms with Crippen molar-refractivity contribution in [1.82, 2.24) is 4.98 Å². The first kappa shape index (κ1) is 12.2. The number of carbonyl (C=O) groups is 1. The van der Waals surface area contributed by atoms with E-state index in [1.807, 2.05) is 0 Å². The number of pyridine rings is 1. The van der Waals surface area contributed by atoms with Crippen LogP contribution in [0.3, 0.4) is 0 Å². The molecule has 0 bridgehead atoms. The van der Waals surface area contributed by atoms with Gasteiger partial charge in [0.05, 0.1) is 5.56 Å². The van der Waals surface area contributed by atoms with Gasteiger partial charge in [0.1, 0.15) is 5.82 Å². The zero-order valence-corrected chi connectivity index (χ0v) is 9.64. The van der Waals surface area contributed by atoms with Crippen LogP contribution >= 0.6 is 0 Å². The van der Waals surface area contributed by atoms with Crippen LogP contribution in [0.1, 0.15) is 21.5 Å². The largest absolute Gasteiger partial charge is 0.478 e. The monoisotopic (exact) mass is 245 g/mol. The molecule has 1 N–H and O–H groups in total. The average molecular weight is 245 g/mol. The van der Waals surface area contributed by atoms with Crippen LogP contribution in [0, 0.1) is 5.82 Å². The van der Waals surface area contributed by atoms with Crippen molar-refractivity contribution in [2.45, 2.75) is 12.8 Å². The third kappa shape index (κ3) is 2.91. The van der Waals surface area contributed by atoms with E-state index in [4.69, 9.17) is 5.11 Å². The van der Waals surface area contributed by atoms with E-state index < -0.39 is 5.97 Å². The van der Waals surface area contributed by atoms with E-state index in [1.54, 1.807) is 18.3 Å². The third-order valence-corrected chi connectivity index (χ3v) is 2.73. The number of rotatable bonds is 4. The van der Waals surface area contributed by atoms with E-state index in [9.17, 15) is 9.18 Å². The molecule has 0 spiro atoms. The molecule has 0 unspecified atom stereocenters. The quantitative estimate of drug-likeness (QED) is 0.901. The maximum absolute atomic E-state index is 12.7. The molecule has 0 aliphatic carbocycles. The number of carboxylic acid groups (broad SMARTS) is 1. The van der Waals surface area contributed by atoms with Gasteiger partial charge in [-0.3, -0.25) is 4.98 Å². The summed E-state index contributed by atoms with van der Waals surface area (Å²) >= 11 is 0. The lowest BCUT2D eigenvalue weighted by atomic mass is 10.0. The lowest BCUT2D eigenvalue weighted by molar-refractivity contribution is 0.0695. The van der Waals surface area contributed by atoms with Gasteiger partial charge in [0, 0.05) is 12.4 Å². The molecule has 1 heterocycles. The van der Waals surface area contributed by atoms with Crippen LogP contribution in [0.4, 0.5) is 4.39 Å². The van der Waals surface area contributed by atoms with Gasteiger partial charge in [-0.1, -0.05) is 12.1 Å². The van der Waals surface area contributed by atoms with E-state index in [0.717, 1.165) is 5.56 Å². The lowest BCUT2D eigenvalue weighted by Gasteiger charge is -2.05. The van der Waals surface area contributed by atoms with Gasteiger partial charge < -0.3 is 5.11 Å². The molecule has 1 aromatic heterocycles. The normalized spacial score (nSPS) is 10.3. The van der Waals surface area contributed by atoms with Gasteiger partial charge in [0.25, 0.3) is 0 Å². The van der Waals surface area contributed by atoms with Gasteiger partial charge in [-0.15, -0.1) is 0 Å². The van der Waals surface area contributed by atoms with Gasteiger partial charge in [0.15, 0.2) is 0 Å². The Morgan fingerprint density at radius 1 is 1.17 bits per heavy atom. The molecule has 0 aliphatic heterocycles. The first-order valence-electron chi connectivity index (χ1n) is 5.57. The fraction of sp³-hybridized carbons (Fsp3) is 0.143. The summed E-state index contributed by atoms with van der Waals surface area (Å²) in [5, 5.41) is 9.02. The second-order valence-electron chi connectivity index (χ2n) is 3.96. The molecule has 4 heteroatoms. The maximum Gasteiger partial charge on any atom is 0.336 e. The number of nitrogens with zero attached hydrogens (tertiary/aromatic N) is 1. The molecule has 92 valence electrons. The summed E-state index contributed by atoms with van der Waals surface area (Å²) < 4.78 is 12.7. The highest BCUT2D eigenvalue weighted by atomic mass is 19.1. The summed E-state index contributed by atoms with van der Waals surface area (Å²) in [7, 11) is 0. The average Bonchev–Trinajstić information content (AvgIpc) is 2.38. The molecule has 0 amide bonds. The Bertz CT molecular complexity index is 552. The zero-order chi connectivity index (χ0) is 13.0. The maximum atomic E-state index is 12.7. The second kappa shape index (κ2) is 5.40. The Balaban J connectivity index is 2.10. The summed E-state index contributed by atoms with van der Waals surface area (Å²) in [4.78, 5) is 14.9. The number of aromatic carboxylic acids is 1. The fourth-order valence-corrected chi connectivity index (χ4v) is 1.77. The van der Waals surface area contributed by atoms with Crippen molar-refractivity contribution < 1.29 is 14.3 Å². The third-order valence-electron chi connectivity index (χ3n) is 2.73. The minimum absolute atomic E-state index is 0.270. The van der Waals surface area contributed by atoms with Crippen molar-refractivity contribution in [3.63, 3.8) is 0 Å². The first-order valence-corrected chi connectivity index (χ1v) is 5.57. The summed E-state index contributed by atoms with van der Waals surface area (Å²) in [6.07, 6.45) is 4.26. The molecule has 0 atom stereocenters. The minimum atomic E-state index is -0.952. The molecule has 0 radical (unpaired) electrons. The summed E-state index contributed by atoms with van der Waals surface area (Å²) in [5.41, 5.74) is 1.93. The van der Waals surface area contributed by atoms with Gasteiger partial charge in [-0.05, 0) is 42.2 Å². The van der Waals surface area contributed by atoms with E-state index in [1.165, 1.54) is 24.4 Å². The molecule has 2 aromatic rings. The van der Waals surface area contributed by atoms with Gasteiger partial charge >= 0.3 is 5.97 Å². The number of benzene rings is 1. The molecule has 1 aromatic carbocycles. The van der Waals surface area contributed by atoms with Crippen LogP contribution in [0.25, 0.3) is 0 Å². The van der Waals surface area contributed by atoms with Crippen molar-refractivity contribution in [2.24, 2.45) is 0 Å². The lowest BCUT2D eigenvalue weighted by Crippen LogP contribution is -2.04. The Labute approximate surface area is 104 Å². The van der Waals surface area contributed by atoms with Crippen LogP contribution in [0.15, 0.2) is 42.7 Å². The number of halogens is 1. The van der Waals surface area contributed by atoms with E-state index in [0.29, 0.717) is 18.4 Å². The van der Waals surface area contributed by atoms with Gasteiger partial charge in [-0.2, -0.15) is 0 Å². The highest BCUT2D eigenvalue weighted by Gasteiger charge is 2.09. The molecule has 0 saturated carbocycles. The smallest absolute Gasteiger partial charge is 0.336 e. The van der Waals surface area contributed by atoms with E-state index >= 15 is 0 Å². The van der Waals surface area contributed by atoms with Crippen molar-refractivity contribution >= 4 is 5.97 Å². The fourth-order valence-electron chi connectivity index (χ4n) is 1.77. The molecular weight excluding hydrogens is 233 g/mol. The molecule has 2 rings (SSSR count). The van der Waals surface area contributed by atoms with Crippen molar-refractivity contribution in [3.05, 3.63) is 65.2 Å². The minimum Gasteiger partial charge on any atom is -0.478 e. The number of carboxylic acids is 1. The summed E-state index contributed by atoms with van der Waals surface area (Å²) in [6, 6.07) is 7.69. The predicted octanol–water partition coefficient (Wildman–Crippen LogP) is 2.70. The number of hydrogen-bond donors (Lipinski definition) is 1. The Morgan fingerprint density at radius 2 is 1.89 bits per heavy atom. The molecular formula is C14H12FNO2. The van der Waals surface area contributed by atoms with E-state index in [2.05, 4.69) is 4.98 Å².